The first kappa shape index (κ1) is 17.1. The second-order valence-corrected chi connectivity index (χ2v) is 6.74. The number of nitrogens with two attached hydrogens (primary N) is 1. The molecule has 0 aromatic heterocycles. The number of amidine groups is 1. The predicted octanol–water partition coefficient (Wildman–Crippen LogP) is 4.38. The van der Waals surface area contributed by atoms with E-state index >= 15 is 0 Å². The van der Waals surface area contributed by atoms with Crippen LogP contribution in [0.4, 0.5) is 5.69 Å². The molecule has 0 unspecified atom stereocenters. The van der Waals surface area contributed by atoms with Crippen LogP contribution in [0.3, 0.4) is 0 Å². The van der Waals surface area contributed by atoms with Crippen LogP contribution in [0.15, 0.2) is 21.8 Å². The summed E-state index contributed by atoms with van der Waals surface area (Å²) in [6.45, 7) is 6.68. The van der Waals surface area contributed by atoms with Gasteiger partial charge in [-0.1, -0.05) is 30.6 Å². The van der Waals surface area contributed by atoms with E-state index in [9.17, 15) is 0 Å². The molecule has 0 spiro atoms. The molecule has 1 aromatic rings. The Morgan fingerprint density at radius 3 is 2.75 bits per heavy atom. The Morgan fingerprint density at radius 2 is 2.15 bits per heavy atom. The maximum absolute atomic E-state index is 8.72. The molecule has 0 saturated heterocycles. The average molecular weight is 363 g/mol. The van der Waals surface area contributed by atoms with E-state index in [1.807, 2.05) is 32.9 Å². The molecule has 6 heteroatoms. The fraction of sp³-hybridized carbons (Fsp3) is 0.500. The van der Waals surface area contributed by atoms with Crippen LogP contribution in [-0.4, -0.2) is 17.6 Å². The van der Waals surface area contributed by atoms with Crippen LogP contribution in [0.1, 0.15) is 32.3 Å². The van der Waals surface area contributed by atoms with Crippen molar-refractivity contribution in [2.24, 2.45) is 16.3 Å². The van der Waals surface area contributed by atoms with Gasteiger partial charge in [0.2, 0.25) is 0 Å². The van der Waals surface area contributed by atoms with Crippen molar-refractivity contribution < 1.29 is 5.21 Å². The second-order valence-electron chi connectivity index (χ2n) is 5.48. The Kier molecular flexibility index (Phi) is 6.14. The summed E-state index contributed by atoms with van der Waals surface area (Å²) in [5.74, 6) is 0.261. The average Bonchev–Trinajstić information content (AvgIpc) is 2.39. The lowest BCUT2D eigenvalue weighted by Gasteiger charge is -2.22. The normalized spacial score (nSPS) is 12.6. The molecule has 1 rings (SSSR count). The van der Waals surface area contributed by atoms with Crippen LogP contribution in [0.5, 0.6) is 0 Å². The summed E-state index contributed by atoms with van der Waals surface area (Å²) < 4.78 is 0.995. The summed E-state index contributed by atoms with van der Waals surface area (Å²) in [6.07, 6.45) is 1.73. The number of nitrogens with one attached hydrogen (secondary N) is 1. The molecule has 112 valence electrons. The minimum Gasteiger partial charge on any atom is -0.409 e. The van der Waals surface area contributed by atoms with Gasteiger partial charge in [0.25, 0.3) is 0 Å². The maximum atomic E-state index is 8.72. The molecule has 0 bridgehead atoms. The minimum atomic E-state index is -0.307. The highest BCUT2D eigenvalue weighted by Crippen LogP contribution is 2.29. The number of halogens is 2. The van der Waals surface area contributed by atoms with Crippen LogP contribution in [0.25, 0.3) is 0 Å². The lowest BCUT2D eigenvalue weighted by Crippen LogP contribution is -2.32. The fourth-order valence-electron chi connectivity index (χ4n) is 1.80. The largest absolute Gasteiger partial charge is 0.409 e. The minimum absolute atomic E-state index is 0.261. The van der Waals surface area contributed by atoms with Crippen LogP contribution >= 0.6 is 27.5 Å². The molecule has 0 heterocycles. The van der Waals surface area contributed by atoms with E-state index in [-0.39, 0.29) is 11.3 Å². The van der Waals surface area contributed by atoms with Gasteiger partial charge in [-0.25, -0.2) is 0 Å². The first-order valence-corrected chi connectivity index (χ1v) is 7.62. The van der Waals surface area contributed by atoms with E-state index in [0.717, 1.165) is 40.1 Å². The van der Waals surface area contributed by atoms with Gasteiger partial charge in [-0.2, -0.15) is 0 Å². The maximum Gasteiger partial charge on any atom is 0.144 e. The molecule has 0 amide bonds. The molecule has 0 fully saturated rings. The molecule has 20 heavy (non-hydrogen) atoms. The van der Waals surface area contributed by atoms with Crippen molar-refractivity contribution in [1.29, 1.82) is 0 Å². The summed E-state index contributed by atoms with van der Waals surface area (Å²) in [5.41, 5.74) is 7.37. The monoisotopic (exact) mass is 361 g/mol. The number of rotatable bonds is 6. The molecule has 0 aliphatic carbocycles. The molecule has 0 aliphatic heterocycles. The van der Waals surface area contributed by atoms with Crippen LogP contribution in [0, 0.1) is 12.3 Å². The van der Waals surface area contributed by atoms with Crippen molar-refractivity contribution in [3.8, 4) is 0 Å². The van der Waals surface area contributed by atoms with Gasteiger partial charge < -0.3 is 16.3 Å². The van der Waals surface area contributed by atoms with Gasteiger partial charge in [-0.15, -0.1) is 0 Å². The van der Waals surface area contributed by atoms with E-state index in [1.165, 1.54) is 0 Å². The van der Waals surface area contributed by atoms with Gasteiger partial charge in [0, 0.05) is 27.1 Å². The predicted molar refractivity (Wildman–Crippen MR) is 88.8 cm³/mol. The summed E-state index contributed by atoms with van der Waals surface area (Å²) in [6, 6.07) is 3.90. The number of benzene rings is 1. The molecular formula is C14H21BrClN3O. The van der Waals surface area contributed by atoms with E-state index in [2.05, 4.69) is 26.4 Å². The molecule has 0 aliphatic rings. The zero-order valence-corrected chi connectivity index (χ0v) is 14.3. The molecule has 0 radical (unpaired) electrons. The highest BCUT2D eigenvalue weighted by Gasteiger charge is 2.22. The molecule has 4 nitrogen and oxygen atoms in total. The second kappa shape index (κ2) is 7.18. The van der Waals surface area contributed by atoms with Crippen molar-refractivity contribution in [3.63, 3.8) is 0 Å². The van der Waals surface area contributed by atoms with Crippen molar-refractivity contribution in [2.45, 2.75) is 33.6 Å². The highest BCUT2D eigenvalue weighted by molar-refractivity contribution is 9.10. The summed E-state index contributed by atoms with van der Waals surface area (Å²) in [4.78, 5) is 0. The Balaban J connectivity index is 2.52. The number of nitrogens with zero attached hydrogens (tertiary/aromatic N) is 1. The first-order chi connectivity index (χ1) is 9.27. The molecular weight excluding hydrogens is 342 g/mol. The van der Waals surface area contributed by atoms with E-state index in [0.29, 0.717) is 0 Å². The number of anilines is 1. The Bertz CT molecular complexity index is 503. The molecule has 0 saturated carbocycles. The van der Waals surface area contributed by atoms with Gasteiger partial charge >= 0.3 is 0 Å². The van der Waals surface area contributed by atoms with Crippen molar-refractivity contribution in [2.75, 3.05) is 11.9 Å². The van der Waals surface area contributed by atoms with Crippen LogP contribution < -0.4 is 11.1 Å². The third-order valence-electron chi connectivity index (χ3n) is 3.34. The van der Waals surface area contributed by atoms with Crippen molar-refractivity contribution in [3.05, 3.63) is 27.2 Å². The van der Waals surface area contributed by atoms with Gasteiger partial charge in [-0.3, -0.25) is 0 Å². The van der Waals surface area contributed by atoms with E-state index in [1.54, 1.807) is 0 Å². The number of aryl methyl sites for hydroxylation is 1. The zero-order valence-electron chi connectivity index (χ0n) is 12.0. The van der Waals surface area contributed by atoms with E-state index < -0.39 is 0 Å². The van der Waals surface area contributed by atoms with Gasteiger partial charge in [0.05, 0.1) is 0 Å². The standard InChI is InChI=1S/C14H21BrClN3O/c1-9-7-10(15)12(8-11(9)16)18-6-4-5-14(2,3)13(17)19-20/h7-8,18,20H,4-6H2,1-3H3,(H2,17,19). The van der Waals surface area contributed by atoms with Gasteiger partial charge in [0.1, 0.15) is 5.84 Å². The zero-order chi connectivity index (χ0) is 15.3. The Labute approximate surface area is 133 Å². The topological polar surface area (TPSA) is 70.6 Å². The van der Waals surface area contributed by atoms with Crippen LogP contribution in [-0.2, 0) is 0 Å². The van der Waals surface area contributed by atoms with Gasteiger partial charge in [-0.05, 0) is 53.4 Å². The molecule has 1 aromatic carbocycles. The summed E-state index contributed by atoms with van der Waals surface area (Å²) in [5, 5.41) is 15.9. The highest BCUT2D eigenvalue weighted by atomic mass is 79.9. The third-order valence-corrected chi connectivity index (χ3v) is 4.41. The quantitative estimate of drug-likeness (QED) is 0.231. The number of oxime groups is 1. The van der Waals surface area contributed by atoms with Crippen molar-refractivity contribution in [1.82, 2.24) is 0 Å². The Hall–Kier alpha value is -0.940. The Morgan fingerprint density at radius 1 is 1.50 bits per heavy atom. The number of hydrogen-bond donors (Lipinski definition) is 3. The number of hydrogen-bond acceptors (Lipinski definition) is 3. The smallest absolute Gasteiger partial charge is 0.144 e. The van der Waals surface area contributed by atoms with Crippen molar-refractivity contribution >= 4 is 39.1 Å². The summed E-state index contributed by atoms with van der Waals surface area (Å²) in [7, 11) is 0. The summed E-state index contributed by atoms with van der Waals surface area (Å²) >= 11 is 9.62. The first-order valence-electron chi connectivity index (χ1n) is 6.45. The third kappa shape index (κ3) is 4.56. The fourth-order valence-corrected chi connectivity index (χ4v) is 2.56. The van der Waals surface area contributed by atoms with E-state index in [4.69, 9.17) is 22.5 Å². The van der Waals surface area contributed by atoms with Crippen LogP contribution in [0.2, 0.25) is 5.02 Å². The lowest BCUT2D eigenvalue weighted by atomic mass is 9.86. The lowest BCUT2D eigenvalue weighted by molar-refractivity contribution is 0.305. The SMILES string of the molecule is Cc1cc(Br)c(NCCCC(C)(C)/C(N)=N/O)cc1Cl. The molecule has 0 atom stereocenters. The molecule has 4 N–H and O–H groups in total. The van der Waals surface area contributed by atoms with Gasteiger partial charge in [0.15, 0.2) is 0 Å².